The number of hydrogen-bond acceptors (Lipinski definition) is 1. The molecule has 1 heteroatoms. The van der Waals surface area contributed by atoms with E-state index in [2.05, 4.69) is 31.2 Å². The van der Waals surface area contributed by atoms with E-state index >= 15 is 0 Å². The van der Waals surface area contributed by atoms with Crippen molar-refractivity contribution >= 4 is 0 Å². The molecule has 4 rings (SSSR count). The molecule has 0 aromatic heterocycles. The van der Waals surface area contributed by atoms with Crippen LogP contribution < -0.4 is 0 Å². The molecule has 0 fully saturated rings. The van der Waals surface area contributed by atoms with E-state index in [9.17, 15) is 5.11 Å². The minimum absolute atomic E-state index is 0.288. The average molecular weight is 186 g/mol. The third kappa shape index (κ3) is 0.848. The maximum atomic E-state index is 9.99. The number of rotatable bonds is 0. The van der Waals surface area contributed by atoms with Crippen LogP contribution in [0, 0.1) is 0 Å². The van der Waals surface area contributed by atoms with Crippen LogP contribution in [0.2, 0.25) is 0 Å². The zero-order valence-electron chi connectivity index (χ0n) is 8.33. The van der Waals surface area contributed by atoms with Crippen molar-refractivity contribution < 1.29 is 5.11 Å². The highest BCUT2D eigenvalue weighted by Crippen LogP contribution is 2.51. The summed E-state index contributed by atoms with van der Waals surface area (Å²) < 4.78 is 0. The molecule has 1 N–H and O–H groups in total. The zero-order valence-corrected chi connectivity index (χ0v) is 8.33. The lowest BCUT2D eigenvalue weighted by Crippen LogP contribution is -2.24. The third-order valence-corrected chi connectivity index (χ3v) is 3.75. The van der Waals surface area contributed by atoms with Crippen LogP contribution in [0.4, 0.5) is 0 Å². The van der Waals surface area contributed by atoms with E-state index < -0.39 is 0 Å². The van der Waals surface area contributed by atoms with E-state index in [-0.39, 0.29) is 5.92 Å². The summed E-state index contributed by atoms with van der Waals surface area (Å²) in [5, 5.41) is 9.99. The van der Waals surface area contributed by atoms with Crippen molar-refractivity contribution in [1.29, 1.82) is 0 Å². The SMILES string of the molecule is CC1=C(O)C2CCC1c1ccccc12. The van der Waals surface area contributed by atoms with Crippen LogP contribution in [0.1, 0.15) is 42.7 Å². The van der Waals surface area contributed by atoms with Crippen LogP contribution in [-0.4, -0.2) is 5.11 Å². The van der Waals surface area contributed by atoms with Gasteiger partial charge >= 0.3 is 0 Å². The highest BCUT2D eigenvalue weighted by Gasteiger charge is 2.37. The lowest BCUT2D eigenvalue weighted by Gasteiger charge is -2.38. The van der Waals surface area contributed by atoms with Crippen LogP contribution in [0.3, 0.4) is 0 Å². The molecule has 0 heterocycles. The van der Waals surface area contributed by atoms with Gasteiger partial charge in [-0.1, -0.05) is 24.3 Å². The van der Waals surface area contributed by atoms with Gasteiger partial charge in [-0.2, -0.15) is 0 Å². The van der Waals surface area contributed by atoms with Crippen molar-refractivity contribution in [2.45, 2.75) is 31.6 Å². The molecule has 2 bridgehead atoms. The molecule has 1 nitrogen and oxygen atoms in total. The van der Waals surface area contributed by atoms with Gasteiger partial charge in [-0.05, 0) is 36.5 Å². The van der Waals surface area contributed by atoms with Gasteiger partial charge < -0.3 is 5.11 Å². The predicted molar refractivity (Wildman–Crippen MR) is 56.5 cm³/mol. The molecule has 2 unspecified atom stereocenters. The highest BCUT2D eigenvalue weighted by molar-refractivity contribution is 5.48. The van der Waals surface area contributed by atoms with Crippen LogP contribution in [0.25, 0.3) is 0 Å². The summed E-state index contributed by atoms with van der Waals surface area (Å²) in [4.78, 5) is 0. The molecule has 0 saturated carbocycles. The summed E-state index contributed by atoms with van der Waals surface area (Å²) in [6.45, 7) is 2.07. The van der Waals surface area contributed by atoms with Crippen molar-refractivity contribution in [3.8, 4) is 0 Å². The standard InChI is InChI=1S/C13H14O/c1-8-9-6-7-12(13(8)14)11-5-3-2-4-10(9)11/h2-5,9,12,14H,6-7H2,1H3. The van der Waals surface area contributed by atoms with Gasteiger partial charge in [0.25, 0.3) is 0 Å². The second kappa shape index (κ2) is 2.63. The van der Waals surface area contributed by atoms with Crippen LogP contribution in [0.15, 0.2) is 35.6 Å². The monoisotopic (exact) mass is 186 g/mol. The molecule has 1 aromatic rings. The van der Waals surface area contributed by atoms with Gasteiger partial charge in [0, 0.05) is 11.8 Å². The Morgan fingerprint density at radius 3 is 2.36 bits per heavy atom. The largest absolute Gasteiger partial charge is 0.512 e. The minimum Gasteiger partial charge on any atom is -0.512 e. The smallest absolute Gasteiger partial charge is 0.0992 e. The second-order valence-electron chi connectivity index (χ2n) is 4.38. The lowest BCUT2D eigenvalue weighted by atomic mass is 9.67. The summed E-state index contributed by atoms with van der Waals surface area (Å²) in [7, 11) is 0. The van der Waals surface area contributed by atoms with Gasteiger partial charge in [0.05, 0.1) is 5.76 Å². The Labute approximate surface area is 84.1 Å². The van der Waals surface area contributed by atoms with Gasteiger partial charge in [-0.3, -0.25) is 0 Å². The van der Waals surface area contributed by atoms with E-state index in [0.29, 0.717) is 11.7 Å². The van der Waals surface area contributed by atoms with Gasteiger partial charge in [0.2, 0.25) is 0 Å². The Hall–Kier alpha value is -1.24. The minimum atomic E-state index is 0.288. The molecule has 1 aromatic carbocycles. The third-order valence-electron chi connectivity index (χ3n) is 3.75. The number of aliphatic hydroxyl groups is 1. The Bertz CT molecular complexity index is 378. The highest BCUT2D eigenvalue weighted by atomic mass is 16.3. The lowest BCUT2D eigenvalue weighted by molar-refractivity contribution is 0.311. The average Bonchev–Trinajstić information content (AvgIpc) is 2.24. The van der Waals surface area contributed by atoms with E-state index in [1.165, 1.54) is 23.1 Å². The molecular weight excluding hydrogens is 172 g/mol. The molecule has 0 spiro atoms. The van der Waals surface area contributed by atoms with Gasteiger partial charge in [-0.15, -0.1) is 0 Å². The summed E-state index contributed by atoms with van der Waals surface area (Å²) in [6.07, 6.45) is 2.32. The Morgan fingerprint density at radius 1 is 1.07 bits per heavy atom. The number of fused-ring (bicyclic) bond motifs is 1. The van der Waals surface area contributed by atoms with Crippen molar-refractivity contribution in [1.82, 2.24) is 0 Å². The fourth-order valence-corrected chi connectivity index (χ4v) is 2.98. The first kappa shape index (κ1) is 8.10. The van der Waals surface area contributed by atoms with Crippen molar-refractivity contribution in [2.75, 3.05) is 0 Å². The summed E-state index contributed by atoms with van der Waals surface area (Å²) >= 11 is 0. The fourth-order valence-electron chi connectivity index (χ4n) is 2.98. The van der Waals surface area contributed by atoms with Crippen LogP contribution in [-0.2, 0) is 0 Å². The first-order valence-corrected chi connectivity index (χ1v) is 5.27. The van der Waals surface area contributed by atoms with Gasteiger partial charge in [-0.25, -0.2) is 0 Å². The Balaban J connectivity index is 2.25. The molecule has 0 amide bonds. The van der Waals surface area contributed by atoms with Gasteiger partial charge in [0.1, 0.15) is 0 Å². The molecule has 14 heavy (non-hydrogen) atoms. The van der Waals surface area contributed by atoms with Crippen molar-refractivity contribution in [3.05, 3.63) is 46.7 Å². The molecule has 0 aliphatic heterocycles. The first-order chi connectivity index (χ1) is 6.79. The van der Waals surface area contributed by atoms with Gasteiger partial charge in [0.15, 0.2) is 0 Å². The van der Waals surface area contributed by atoms with E-state index in [1.54, 1.807) is 0 Å². The predicted octanol–water partition coefficient (Wildman–Crippen LogP) is 3.49. The summed E-state index contributed by atoms with van der Waals surface area (Å²) in [6, 6.07) is 8.54. The summed E-state index contributed by atoms with van der Waals surface area (Å²) in [5.74, 6) is 1.41. The molecule has 72 valence electrons. The molecule has 3 aliphatic rings. The second-order valence-corrected chi connectivity index (χ2v) is 4.38. The molecular formula is C13H14O. The maximum absolute atomic E-state index is 9.99. The quantitative estimate of drug-likeness (QED) is 0.657. The number of allylic oxidation sites excluding steroid dienone is 2. The number of benzene rings is 1. The van der Waals surface area contributed by atoms with Crippen LogP contribution >= 0.6 is 0 Å². The number of hydrogen-bond donors (Lipinski definition) is 1. The van der Waals surface area contributed by atoms with E-state index in [1.807, 2.05) is 0 Å². The maximum Gasteiger partial charge on any atom is 0.0992 e. The van der Waals surface area contributed by atoms with Crippen molar-refractivity contribution in [2.24, 2.45) is 0 Å². The van der Waals surface area contributed by atoms with Crippen molar-refractivity contribution in [3.63, 3.8) is 0 Å². The zero-order chi connectivity index (χ0) is 9.71. The summed E-state index contributed by atoms with van der Waals surface area (Å²) in [5.41, 5.74) is 3.99. The van der Waals surface area contributed by atoms with E-state index in [4.69, 9.17) is 0 Å². The topological polar surface area (TPSA) is 20.2 Å². The normalized spacial score (nSPS) is 29.2. The number of aliphatic hydroxyl groups excluding tert-OH is 1. The molecule has 0 saturated heterocycles. The molecule has 0 radical (unpaired) electrons. The molecule has 2 atom stereocenters. The fraction of sp³-hybridized carbons (Fsp3) is 0.385. The Morgan fingerprint density at radius 2 is 1.64 bits per heavy atom. The van der Waals surface area contributed by atoms with Crippen LogP contribution in [0.5, 0.6) is 0 Å². The molecule has 3 aliphatic carbocycles. The first-order valence-electron chi connectivity index (χ1n) is 5.27. The Kier molecular flexibility index (Phi) is 1.52. The van der Waals surface area contributed by atoms with E-state index in [0.717, 1.165) is 6.42 Å².